The summed E-state index contributed by atoms with van der Waals surface area (Å²) in [6.45, 7) is 2.37. The van der Waals surface area contributed by atoms with Crippen LogP contribution in [0.2, 0.25) is 0 Å². The van der Waals surface area contributed by atoms with E-state index in [1.165, 1.54) is 12.8 Å². The predicted octanol–water partition coefficient (Wildman–Crippen LogP) is 2.66. The molecule has 2 fully saturated rings. The van der Waals surface area contributed by atoms with Crippen molar-refractivity contribution in [3.05, 3.63) is 70.2 Å². The first-order valence-electron chi connectivity index (χ1n) is 11.4. The highest BCUT2D eigenvalue weighted by Crippen LogP contribution is 2.49. The van der Waals surface area contributed by atoms with Crippen molar-refractivity contribution in [3.63, 3.8) is 0 Å². The monoisotopic (exact) mass is 449 g/mol. The molecule has 0 spiro atoms. The van der Waals surface area contributed by atoms with E-state index in [2.05, 4.69) is 10.2 Å². The molecule has 0 unspecified atom stereocenters. The maximum absolute atomic E-state index is 13.6. The van der Waals surface area contributed by atoms with Crippen LogP contribution in [0.3, 0.4) is 0 Å². The molecule has 5 rings (SSSR count). The summed E-state index contributed by atoms with van der Waals surface area (Å²) in [5, 5.41) is 12.4. The predicted molar refractivity (Wildman–Crippen MR) is 122 cm³/mol. The number of hydrogen-bond acceptors (Lipinski definition) is 5. The number of nitrogens with zero attached hydrogens (tertiary/aromatic N) is 2. The number of aliphatic carboxylic acids is 1. The van der Waals surface area contributed by atoms with E-state index in [9.17, 15) is 14.4 Å². The molecule has 2 heterocycles. The van der Waals surface area contributed by atoms with E-state index in [1.54, 1.807) is 18.2 Å². The Morgan fingerprint density at radius 1 is 1.09 bits per heavy atom. The van der Waals surface area contributed by atoms with Crippen LogP contribution in [-0.2, 0) is 21.5 Å². The highest BCUT2D eigenvalue weighted by molar-refractivity contribution is 5.92. The lowest BCUT2D eigenvalue weighted by Crippen LogP contribution is -2.41. The minimum absolute atomic E-state index is 0.0365. The first-order valence-corrected chi connectivity index (χ1v) is 11.4. The van der Waals surface area contributed by atoms with E-state index in [1.807, 2.05) is 30.3 Å². The molecule has 1 aliphatic heterocycles. The molecule has 0 radical (unpaired) electrons. The molecule has 8 nitrogen and oxygen atoms in total. The molecule has 1 saturated carbocycles. The normalized spacial score (nSPS) is 18.3. The number of nitrogens with one attached hydrogen (secondary N) is 1. The van der Waals surface area contributed by atoms with Gasteiger partial charge in [-0.05, 0) is 62.0 Å². The molecule has 2 aliphatic rings. The quantitative estimate of drug-likeness (QED) is 0.548. The Balaban J connectivity index is 1.43. The summed E-state index contributed by atoms with van der Waals surface area (Å²) < 4.78 is 6.28. The van der Waals surface area contributed by atoms with Gasteiger partial charge in [0.1, 0.15) is 6.54 Å². The Bertz CT molecular complexity index is 1240. The minimum atomic E-state index is -1.13. The van der Waals surface area contributed by atoms with E-state index in [0.717, 1.165) is 35.3 Å². The zero-order chi connectivity index (χ0) is 23.0. The van der Waals surface area contributed by atoms with Crippen LogP contribution in [0, 0.1) is 0 Å². The van der Waals surface area contributed by atoms with Crippen molar-refractivity contribution >= 4 is 23.0 Å². The Labute approximate surface area is 190 Å². The third kappa shape index (κ3) is 4.18. The standard InChI is InChI=1S/C25H27N3O5/c29-22(30)16-28-20-14-18(8-9-21(20)33-24(28)32)25(10-11-25)23(31)26-19(15-27-12-4-5-13-27)17-6-2-1-3-7-17/h1-3,6-9,14,19H,4-5,10-13,15-16H2,(H,26,31)(H,29,30)/t19-/m1/s1. The summed E-state index contributed by atoms with van der Waals surface area (Å²) in [7, 11) is 0. The lowest BCUT2D eigenvalue weighted by atomic mass is 9.93. The van der Waals surface area contributed by atoms with E-state index in [-0.39, 0.29) is 11.9 Å². The summed E-state index contributed by atoms with van der Waals surface area (Å²) in [5.74, 6) is -1.88. The van der Waals surface area contributed by atoms with E-state index < -0.39 is 23.7 Å². The number of carboxylic acid groups (broad SMARTS) is 1. The molecule has 0 bridgehead atoms. The number of amides is 1. The zero-order valence-corrected chi connectivity index (χ0v) is 18.3. The fourth-order valence-corrected chi connectivity index (χ4v) is 4.86. The van der Waals surface area contributed by atoms with Crippen molar-refractivity contribution in [2.24, 2.45) is 0 Å². The van der Waals surface area contributed by atoms with Crippen molar-refractivity contribution < 1.29 is 19.1 Å². The molecule has 3 aromatic rings. The summed E-state index contributed by atoms with van der Waals surface area (Å²) in [6.07, 6.45) is 3.78. The Morgan fingerprint density at radius 3 is 2.48 bits per heavy atom. The van der Waals surface area contributed by atoms with Gasteiger partial charge < -0.3 is 19.7 Å². The molecular formula is C25H27N3O5. The molecule has 1 saturated heterocycles. The third-order valence-electron chi connectivity index (χ3n) is 6.84. The first kappa shape index (κ1) is 21.5. The van der Waals surface area contributed by atoms with Gasteiger partial charge in [0.05, 0.1) is 17.0 Å². The topological polar surface area (TPSA) is 105 Å². The van der Waals surface area contributed by atoms with E-state index in [4.69, 9.17) is 9.52 Å². The number of carbonyl (C=O) groups excluding carboxylic acids is 1. The number of carbonyl (C=O) groups is 2. The summed E-state index contributed by atoms with van der Waals surface area (Å²) in [6, 6.07) is 15.1. The second kappa shape index (κ2) is 8.51. The number of aromatic nitrogens is 1. The fraction of sp³-hybridized carbons (Fsp3) is 0.400. The van der Waals surface area contributed by atoms with Crippen LogP contribution in [0.1, 0.15) is 42.9 Å². The molecule has 8 heteroatoms. The van der Waals surface area contributed by atoms with Gasteiger partial charge in [0.15, 0.2) is 5.58 Å². The molecule has 1 aliphatic carbocycles. The number of likely N-dealkylation sites (tertiary alicyclic amines) is 1. The average Bonchev–Trinajstić information content (AvgIpc) is 3.36. The van der Waals surface area contributed by atoms with E-state index >= 15 is 0 Å². The zero-order valence-electron chi connectivity index (χ0n) is 18.3. The van der Waals surface area contributed by atoms with Gasteiger partial charge in [-0.15, -0.1) is 0 Å². The fourth-order valence-electron chi connectivity index (χ4n) is 4.86. The second-order valence-electron chi connectivity index (χ2n) is 9.06. The van der Waals surface area contributed by atoms with Gasteiger partial charge in [0.25, 0.3) is 0 Å². The first-order chi connectivity index (χ1) is 16.0. The van der Waals surface area contributed by atoms with Crippen LogP contribution in [0.25, 0.3) is 11.1 Å². The van der Waals surface area contributed by atoms with Gasteiger partial charge in [-0.1, -0.05) is 36.4 Å². The second-order valence-corrected chi connectivity index (χ2v) is 9.06. The Kier molecular flexibility index (Phi) is 5.54. The van der Waals surface area contributed by atoms with Gasteiger partial charge in [0, 0.05) is 6.54 Å². The van der Waals surface area contributed by atoms with Crippen LogP contribution in [0.4, 0.5) is 0 Å². The van der Waals surface area contributed by atoms with Crippen molar-refractivity contribution in [2.45, 2.75) is 43.7 Å². The largest absolute Gasteiger partial charge is 0.480 e. The van der Waals surface area contributed by atoms with E-state index in [0.29, 0.717) is 23.9 Å². The number of benzene rings is 2. The Morgan fingerprint density at radius 2 is 1.82 bits per heavy atom. The number of rotatable bonds is 8. The van der Waals surface area contributed by atoms with Crippen LogP contribution in [-0.4, -0.2) is 46.1 Å². The van der Waals surface area contributed by atoms with Crippen LogP contribution >= 0.6 is 0 Å². The molecule has 172 valence electrons. The molecule has 33 heavy (non-hydrogen) atoms. The number of fused-ring (bicyclic) bond motifs is 1. The lowest BCUT2D eigenvalue weighted by Gasteiger charge is -2.27. The Hall–Kier alpha value is -3.39. The smallest absolute Gasteiger partial charge is 0.420 e. The molecule has 1 aromatic heterocycles. The van der Waals surface area contributed by atoms with Crippen molar-refractivity contribution in [1.82, 2.24) is 14.8 Å². The maximum Gasteiger partial charge on any atom is 0.420 e. The number of carboxylic acids is 1. The minimum Gasteiger partial charge on any atom is -0.480 e. The summed E-state index contributed by atoms with van der Waals surface area (Å²) >= 11 is 0. The van der Waals surface area contributed by atoms with Crippen LogP contribution in [0.5, 0.6) is 0 Å². The van der Waals surface area contributed by atoms with Crippen LogP contribution < -0.4 is 11.1 Å². The van der Waals surface area contributed by atoms with Gasteiger partial charge in [-0.3, -0.25) is 14.2 Å². The molecule has 1 amide bonds. The highest BCUT2D eigenvalue weighted by Gasteiger charge is 2.52. The van der Waals surface area contributed by atoms with Crippen molar-refractivity contribution in [1.29, 1.82) is 0 Å². The maximum atomic E-state index is 13.6. The SMILES string of the molecule is O=C(O)Cn1c(=O)oc2ccc(C3(C(=O)N[C@H](CN4CCCC4)c4ccccc4)CC3)cc21. The summed E-state index contributed by atoms with van der Waals surface area (Å²) in [5.41, 5.74) is 1.90. The summed E-state index contributed by atoms with van der Waals surface area (Å²) in [4.78, 5) is 39.3. The lowest BCUT2D eigenvalue weighted by molar-refractivity contribution is -0.137. The van der Waals surface area contributed by atoms with Gasteiger partial charge in [-0.25, -0.2) is 4.79 Å². The highest BCUT2D eigenvalue weighted by atomic mass is 16.4. The third-order valence-corrected chi connectivity index (χ3v) is 6.84. The van der Waals surface area contributed by atoms with Crippen LogP contribution in [0.15, 0.2) is 57.7 Å². The average molecular weight is 450 g/mol. The molecule has 2 aromatic carbocycles. The number of hydrogen-bond donors (Lipinski definition) is 2. The molecule has 1 atom stereocenters. The van der Waals surface area contributed by atoms with Gasteiger partial charge in [-0.2, -0.15) is 0 Å². The van der Waals surface area contributed by atoms with Gasteiger partial charge >= 0.3 is 11.7 Å². The molecular weight excluding hydrogens is 422 g/mol. The van der Waals surface area contributed by atoms with Crippen molar-refractivity contribution in [3.8, 4) is 0 Å². The van der Waals surface area contributed by atoms with Gasteiger partial charge in [0.2, 0.25) is 5.91 Å². The molecule has 2 N–H and O–H groups in total. The number of oxazole rings is 1. The van der Waals surface area contributed by atoms with Crippen molar-refractivity contribution in [2.75, 3.05) is 19.6 Å².